The molecule has 2 aromatic rings. The number of nitrogens with one attached hydrogen (secondary N) is 1. The van der Waals surface area contributed by atoms with Crippen LogP contribution in [0.5, 0.6) is 5.75 Å². The minimum Gasteiger partial charge on any atom is -0.497 e. The Morgan fingerprint density at radius 1 is 1.17 bits per heavy atom. The molecule has 0 atom stereocenters. The number of nitriles is 1. The predicted molar refractivity (Wildman–Crippen MR) is 80.0 cm³/mol. The summed E-state index contributed by atoms with van der Waals surface area (Å²) in [7, 11) is -3.09. The van der Waals surface area contributed by atoms with E-state index in [4.69, 9.17) is 10.00 Å². The van der Waals surface area contributed by atoms with Crippen molar-refractivity contribution in [3.63, 3.8) is 0 Å². The lowest BCUT2D eigenvalue weighted by Crippen LogP contribution is -2.17. The van der Waals surface area contributed by atoms with Crippen LogP contribution < -0.4 is 9.46 Å². The average molecular weight is 356 g/mol. The lowest BCUT2D eigenvalue weighted by molar-refractivity contribution is -0.137. The first-order valence-electron chi connectivity index (χ1n) is 6.45. The number of alkyl halides is 3. The number of anilines is 1. The van der Waals surface area contributed by atoms with Crippen LogP contribution in [0.15, 0.2) is 47.4 Å². The Labute approximate surface area is 136 Å². The zero-order chi connectivity index (χ0) is 18.0. The van der Waals surface area contributed by atoms with Gasteiger partial charge in [-0.1, -0.05) is 6.07 Å². The van der Waals surface area contributed by atoms with Crippen molar-refractivity contribution in [3.8, 4) is 11.8 Å². The second-order valence-electron chi connectivity index (χ2n) is 4.65. The van der Waals surface area contributed by atoms with Crippen LogP contribution in [0.4, 0.5) is 18.9 Å². The number of rotatable bonds is 4. The molecule has 0 radical (unpaired) electrons. The van der Waals surface area contributed by atoms with E-state index in [1.54, 1.807) is 6.07 Å². The van der Waals surface area contributed by atoms with Crippen molar-refractivity contribution in [1.29, 1.82) is 5.26 Å². The summed E-state index contributed by atoms with van der Waals surface area (Å²) in [5.74, 6) is -0.0586. The third-order valence-corrected chi connectivity index (χ3v) is 4.41. The van der Waals surface area contributed by atoms with Crippen LogP contribution in [-0.4, -0.2) is 15.5 Å². The molecule has 0 aliphatic heterocycles. The van der Waals surface area contributed by atoms with Crippen molar-refractivity contribution in [3.05, 3.63) is 53.6 Å². The average Bonchev–Trinajstić information content (AvgIpc) is 2.54. The molecule has 2 aromatic carbocycles. The van der Waals surface area contributed by atoms with Gasteiger partial charge < -0.3 is 4.74 Å². The van der Waals surface area contributed by atoms with Gasteiger partial charge in [0.1, 0.15) is 5.75 Å². The van der Waals surface area contributed by atoms with E-state index < -0.39 is 27.5 Å². The third kappa shape index (κ3) is 3.78. The fraction of sp³-hybridized carbons (Fsp3) is 0.133. The van der Waals surface area contributed by atoms with Gasteiger partial charge in [0, 0.05) is 0 Å². The van der Waals surface area contributed by atoms with Crippen molar-refractivity contribution in [1.82, 2.24) is 0 Å². The fourth-order valence-corrected chi connectivity index (χ4v) is 3.04. The first kappa shape index (κ1) is 17.6. The number of nitrogens with zero attached hydrogens (tertiary/aromatic N) is 1. The minimum atomic E-state index is -4.78. The van der Waals surface area contributed by atoms with Gasteiger partial charge in [0.15, 0.2) is 0 Å². The molecular weight excluding hydrogens is 345 g/mol. The maximum absolute atomic E-state index is 13.1. The first-order chi connectivity index (χ1) is 11.2. The molecule has 5 nitrogen and oxygen atoms in total. The van der Waals surface area contributed by atoms with E-state index >= 15 is 0 Å². The molecule has 0 aliphatic rings. The summed E-state index contributed by atoms with van der Waals surface area (Å²) < 4.78 is 70.6. The van der Waals surface area contributed by atoms with E-state index in [1.165, 1.54) is 31.4 Å². The van der Waals surface area contributed by atoms with Crippen molar-refractivity contribution >= 4 is 15.7 Å². The number of halogens is 3. The van der Waals surface area contributed by atoms with Crippen LogP contribution in [0, 0.1) is 11.3 Å². The first-order valence-corrected chi connectivity index (χ1v) is 7.94. The summed E-state index contributed by atoms with van der Waals surface area (Å²) in [5, 5.41) is 8.80. The molecule has 0 bridgehead atoms. The van der Waals surface area contributed by atoms with E-state index in [0.29, 0.717) is 6.07 Å². The van der Waals surface area contributed by atoms with Crippen LogP contribution in [0.25, 0.3) is 0 Å². The number of methoxy groups -OCH3 is 1. The van der Waals surface area contributed by atoms with Crippen LogP contribution in [0.3, 0.4) is 0 Å². The van der Waals surface area contributed by atoms with Crippen LogP contribution >= 0.6 is 0 Å². The zero-order valence-corrected chi connectivity index (χ0v) is 13.1. The summed E-state index contributed by atoms with van der Waals surface area (Å²) in [5.41, 5.74) is -1.74. The van der Waals surface area contributed by atoms with Crippen LogP contribution in [-0.2, 0) is 16.2 Å². The van der Waals surface area contributed by atoms with Gasteiger partial charge in [-0.15, -0.1) is 0 Å². The highest BCUT2D eigenvalue weighted by Crippen LogP contribution is 2.37. The summed E-state index contributed by atoms with van der Waals surface area (Å²) in [4.78, 5) is -0.314. The Bertz CT molecular complexity index is 903. The SMILES string of the molecule is COc1ccc(NS(=O)(=O)c2cccc(C#N)c2)c(C(F)(F)F)c1. The number of hydrogen-bond donors (Lipinski definition) is 1. The summed E-state index contributed by atoms with van der Waals surface area (Å²) in [6.07, 6.45) is -4.78. The van der Waals surface area contributed by atoms with Gasteiger partial charge in [-0.3, -0.25) is 4.72 Å². The third-order valence-electron chi connectivity index (χ3n) is 3.05. The summed E-state index contributed by atoms with van der Waals surface area (Å²) in [6.45, 7) is 0. The minimum absolute atomic E-state index is 0.0586. The van der Waals surface area contributed by atoms with Gasteiger partial charge in [-0.05, 0) is 36.4 Å². The number of sulfonamides is 1. The van der Waals surface area contributed by atoms with E-state index in [2.05, 4.69) is 0 Å². The molecular formula is C15H11F3N2O3S. The molecule has 0 aliphatic carbocycles. The van der Waals surface area contributed by atoms with Gasteiger partial charge >= 0.3 is 6.18 Å². The number of benzene rings is 2. The van der Waals surface area contributed by atoms with Crippen molar-refractivity contribution < 1.29 is 26.3 Å². The van der Waals surface area contributed by atoms with Gasteiger partial charge in [0.05, 0.1) is 34.9 Å². The normalized spacial score (nSPS) is 11.6. The Morgan fingerprint density at radius 2 is 1.88 bits per heavy atom. The molecule has 0 aromatic heterocycles. The van der Waals surface area contributed by atoms with E-state index in [-0.39, 0.29) is 16.2 Å². The molecule has 126 valence electrons. The van der Waals surface area contributed by atoms with Gasteiger partial charge in [0.2, 0.25) is 0 Å². The molecule has 24 heavy (non-hydrogen) atoms. The molecule has 2 rings (SSSR count). The monoisotopic (exact) mass is 356 g/mol. The molecule has 0 saturated carbocycles. The standard InChI is InChI=1S/C15H11F3N2O3S/c1-23-11-5-6-14(13(8-11)15(16,17)18)20-24(21,22)12-4-2-3-10(7-12)9-19/h2-8,20H,1H3. The summed E-state index contributed by atoms with van der Waals surface area (Å²) in [6, 6.07) is 9.59. The molecule has 1 N–H and O–H groups in total. The lowest BCUT2D eigenvalue weighted by atomic mass is 10.1. The molecule has 0 unspecified atom stereocenters. The molecule has 0 amide bonds. The lowest BCUT2D eigenvalue weighted by Gasteiger charge is -2.16. The highest BCUT2D eigenvalue weighted by Gasteiger charge is 2.35. The van der Waals surface area contributed by atoms with Gasteiger partial charge in [0.25, 0.3) is 10.0 Å². The quantitative estimate of drug-likeness (QED) is 0.911. The van der Waals surface area contributed by atoms with Crippen molar-refractivity contribution in [2.75, 3.05) is 11.8 Å². The van der Waals surface area contributed by atoms with Crippen molar-refractivity contribution in [2.45, 2.75) is 11.1 Å². The second-order valence-corrected chi connectivity index (χ2v) is 6.34. The Hall–Kier alpha value is -2.73. The fourth-order valence-electron chi connectivity index (χ4n) is 1.91. The molecule has 0 saturated heterocycles. The van der Waals surface area contributed by atoms with Crippen LogP contribution in [0.1, 0.15) is 11.1 Å². The Kier molecular flexibility index (Phi) is 4.71. The maximum Gasteiger partial charge on any atom is 0.418 e. The second kappa shape index (κ2) is 6.41. The van der Waals surface area contributed by atoms with Gasteiger partial charge in [-0.25, -0.2) is 8.42 Å². The topological polar surface area (TPSA) is 79.2 Å². The number of ether oxygens (including phenoxy) is 1. The smallest absolute Gasteiger partial charge is 0.418 e. The molecule has 0 fully saturated rings. The number of hydrogen-bond acceptors (Lipinski definition) is 4. The van der Waals surface area contributed by atoms with E-state index in [9.17, 15) is 21.6 Å². The predicted octanol–water partition coefficient (Wildman–Crippen LogP) is 3.39. The van der Waals surface area contributed by atoms with E-state index in [1.807, 2.05) is 4.72 Å². The largest absolute Gasteiger partial charge is 0.497 e. The molecule has 0 heterocycles. The Balaban J connectivity index is 2.48. The van der Waals surface area contributed by atoms with E-state index in [0.717, 1.165) is 12.1 Å². The highest BCUT2D eigenvalue weighted by molar-refractivity contribution is 7.92. The zero-order valence-electron chi connectivity index (χ0n) is 12.3. The Morgan fingerprint density at radius 3 is 2.46 bits per heavy atom. The van der Waals surface area contributed by atoms with Crippen molar-refractivity contribution in [2.24, 2.45) is 0 Å². The molecule has 0 spiro atoms. The maximum atomic E-state index is 13.1. The molecule has 9 heteroatoms. The van der Waals surface area contributed by atoms with Crippen LogP contribution in [0.2, 0.25) is 0 Å². The highest BCUT2D eigenvalue weighted by atomic mass is 32.2. The summed E-state index contributed by atoms with van der Waals surface area (Å²) >= 11 is 0. The van der Waals surface area contributed by atoms with Gasteiger partial charge in [-0.2, -0.15) is 18.4 Å².